The van der Waals surface area contributed by atoms with E-state index in [0.717, 1.165) is 10.0 Å². The van der Waals surface area contributed by atoms with Gasteiger partial charge in [-0.2, -0.15) is 0 Å². The maximum Gasteiger partial charge on any atom is 0.248 e. The third-order valence-electron chi connectivity index (χ3n) is 2.73. The summed E-state index contributed by atoms with van der Waals surface area (Å²) in [5.41, 5.74) is 1.37. The second-order valence-electron chi connectivity index (χ2n) is 4.45. The minimum Gasteiger partial charge on any atom is -0.323 e. The van der Waals surface area contributed by atoms with Crippen LogP contribution in [0, 0.1) is 0 Å². The molecule has 3 N–H and O–H groups in total. The van der Waals surface area contributed by atoms with Crippen molar-refractivity contribution >= 4 is 43.6 Å². The second kappa shape index (κ2) is 6.87. The molecular formula is C15H13BrN2O3S. The lowest BCUT2D eigenvalue weighted by molar-refractivity contribution is -0.111. The Balaban J connectivity index is 2.03. The molecule has 0 spiro atoms. The summed E-state index contributed by atoms with van der Waals surface area (Å²) >= 11 is 3.35. The van der Waals surface area contributed by atoms with E-state index in [2.05, 4.69) is 21.2 Å². The van der Waals surface area contributed by atoms with E-state index in [9.17, 15) is 13.2 Å². The van der Waals surface area contributed by atoms with Gasteiger partial charge in [0.2, 0.25) is 15.9 Å². The number of benzene rings is 2. The second-order valence-corrected chi connectivity index (χ2v) is 6.92. The molecule has 0 heterocycles. The lowest BCUT2D eigenvalue weighted by Crippen LogP contribution is -2.12. The Morgan fingerprint density at radius 3 is 2.41 bits per heavy atom. The fourth-order valence-corrected chi connectivity index (χ4v) is 2.63. The van der Waals surface area contributed by atoms with Crippen molar-refractivity contribution < 1.29 is 13.2 Å². The summed E-state index contributed by atoms with van der Waals surface area (Å²) in [6, 6.07) is 13.1. The summed E-state index contributed by atoms with van der Waals surface area (Å²) in [6.45, 7) is 0. The van der Waals surface area contributed by atoms with E-state index >= 15 is 0 Å². The van der Waals surface area contributed by atoms with Crippen molar-refractivity contribution in [1.82, 2.24) is 0 Å². The van der Waals surface area contributed by atoms with Crippen molar-refractivity contribution in [2.45, 2.75) is 4.90 Å². The third-order valence-corrected chi connectivity index (χ3v) is 4.15. The van der Waals surface area contributed by atoms with Crippen LogP contribution in [0.1, 0.15) is 5.56 Å². The average molecular weight is 381 g/mol. The van der Waals surface area contributed by atoms with Gasteiger partial charge in [-0.25, -0.2) is 13.6 Å². The molecule has 0 aromatic heterocycles. The smallest absolute Gasteiger partial charge is 0.248 e. The molecule has 0 atom stereocenters. The molecule has 5 nitrogen and oxygen atoms in total. The fraction of sp³-hybridized carbons (Fsp3) is 0. The molecule has 1 amide bonds. The van der Waals surface area contributed by atoms with Gasteiger partial charge >= 0.3 is 0 Å². The predicted molar refractivity (Wildman–Crippen MR) is 89.6 cm³/mol. The monoisotopic (exact) mass is 380 g/mol. The van der Waals surface area contributed by atoms with Crippen molar-refractivity contribution in [3.63, 3.8) is 0 Å². The highest BCUT2D eigenvalue weighted by Gasteiger charge is 2.07. The number of amides is 1. The number of primary sulfonamides is 1. The molecule has 2 aromatic carbocycles. The maximum absolute atomic E-state index is 11.8. The standard InChI is InChI=1S/C15H13BrN2O3S/c16-12-3-1-2-11(10-12)4-9-15(19)18-13-5-7-14(8-6-13)22(17,20)21/h1-10H,(H,18,19)(H2,17,20,21)/b9-4+. The third kappa shape index (κ3) is 4.80. The Morgan fingerprint density at radius 1 is 1.14 bits per heavy atom. The van der Waals surface area contributed by atoms with Gasteiger partial charge in [-0.15, -0.1) is 0 Å². The first-order valence-corrected chi connectivity index (χ1v) is 8.56. The van der Waals surface area contributed by atoms with Crippen molar-refractivity contribution in [2.24, 2.45) is 5.14 Å². The van der Waals surface area contributed by atoms with E-state index in [1.807, 2.05) is 24.3 Å². The van der Waals surface area contributed by atoms with Crippen LogP contribution in [0.4, 0.5) is 5.69 Å². The van der Waals surface area contributed by atoms with Crippen molar-refractivity contribution in [1.29, 1.82) is 0 Å². The lowest BCUT2D eigenvalue weighted by atomic mass is 10.2. The Kier molecular flexibility index (Phi) is 5.12. The number of hydrogen-bond acceptors (Lipinski definition) is 3. The molecule has 114 valence electrons. The average Bonchev–Trinajstić information content (AvgIpc) is 2.45. The summed E-state index contributed by atoms with van der Waals surface area (Å²) in [5.74, 6) is -0.316. The molecule has 0 radical (unpaired) electrons. The highest BCUT2D eigenvalue weighted by atomic mass is 79.9. The van der Waals surface area contributed by atoms with Gasteiger partial charge in [-0.3, -0.25) is 4.79 Å². The number of anilines is 1. The molecule has 0 aliphatic rings. The first-order valence-electron chi connectivity index (χ1n) is 6.22. The number of halogens is 1. The minimum absolute atomic E-state index is 0.00447. The van der Waals surface area contributed by atoms with Crippen LogP contribution in [0.3, 0.4) is 0 Å². The molecular weight excluding hydrogens is 368 g/mol. The van der Waals surface area contributed by atoms with E-state index in [-0.39, 0.29) is 10.8 Å². The Labute approximate surface area is 137 Å². The molecule has 0 bridgehead atoms. The normalized spacial score (nSPS) is 11.5. The number of rotatable bonds is 4. The zero-order chi connectivity index (χ0) is 16.2. The molecule has 2 aromatic rings. The quantitative estimate of drug-likeness (QED) is 0.799. The number of hydrogen-bond donors (Lipinski definition) is 2. The van der Waals surface area contributed by atoms with Crippen LogP contribution in [0.15, 0.2) is 64.0 Å². The predicted octanol–water partition coefficient (Wildman–Crippen LogP) is 2.75. The van der Waals surface area contributed by atoms with E-state index < -0.39 is 10.0 Å². The van der Waals surface area contributed by atoms with Crippen LogP contribution in [0.25, 0.3) is 6.08 Å². The first-order chi connectivity index (χ1) is 10.3. The van der Waals surface area contributed by atoms with E-state index in [1.54, 1.807) is 6.08 Å². The van der Waals surface area contributed by atoms with Crippen LogP contribution in [-0.2, 0) is 14.8 Å². The van der Waals surface area contributed by atoms with Crippen LogP contribution in [-0.4, -0.2) is 14.3 Å². The maximum atomic E-state index is 11.8. The molecule has 0 aliphatic carbocycles. The highest BCUT2D eigenvalue weighted by Crippen LogP contribution is 2.14. The minimum atomic E-state index is -3.73. The molecule has 0 fully saturated rings. The van der Waals surface area contributed by atoms with Crippen LogP contribution >= 0.6 is 15.9 Å². The summed E-state index contributed by atoms with van der Waals surface area (Å²) in [4.78, 5) is 11.8. The van der Waals surface area contributed by atoms with Crippen LogP contribution in [0.2, 0.25) is 0 Å². The Hall–Kier alpha value is -1.96. The molecule has 0 unspecified atom stereocenters. The number of carbonyl (C=O) groups excluding carboxylic acids is 1. The van der Waals surface area contributed by atoms with Crippen molar-refractivity contribution in [2.75, 3.05) is 5.32 Å². The van der Waals surface area contributed by atoms with Gasteiger partial charge in [0.25, 0.3) is 0 Å². The number of nitrogens with one attached hydrogen (secondary N) is 1. The van der Waals surface area contributed by atoms with Gasteiger partial charge in [0, 0.05) is 16.2 Å². The van der Waals surface area contributed by atoms with E-state index in [0.29, 0.717) is 5.69 Å². The summed E-state index contributed by atoms with van der Waals surface area (Å²) in [6.07, 6.45) is 3.08. The Bertz CT molecular complexity index is 815. The van der Waals surface area contributed by atoms with Gasteiger partial charge in [-0.1, -0.05) is 28.1 Å². The highest BCUT2D eigenvalue weighted by molar-refractivity contribution is 9.10. The van der Waals surface area contributed by atoms with Gasteiger partial charge in [-0.05, 0) is 48.0 Å². The molecule has 0 saturated heterocycles. The Morgan fingerprint density at radius 2 is 1.82 bits per heavy atom. The van der Waals surface area contributed by atoms with Gasteiger partial charge in [0.05, 0.1) is 4.90 Å². The SMILES string of the molecule is NS(=O)(=O)c1ccc(NC(=O)/C=C/c2cccc(Br)c2)cc1. The molecule has 2 rings (SSSR count). The molecule has 0 aliphatic heterocycles. The first kappa shape index (κ1) is 16.4. The summed E-state index contributed by atoms with van der Waals surface area (Å²) in [5, 5.41) is 7.63. The zero-order valence-corrected chi connectivity index (χ0v) is 13.8. The summed E-state index contributed by atoms with van der Waals surface area (Å²) in [7, 11) is -3.73. The number of sulfonamides is 1. The summed E-state index contributed by atoms with van der Waals surface area (Å²) < 4.78 is 23.2. The molecule has 22 heavy (non-hydrogen) atoms. The van der Waals surface area contributed by atoms with Crippen LogP contribution < -0.4 is 10.5 Å². The van der Waals surface area contributed by atoms with E-state index in [1.165, 1.54) is 30.3 Å². The fourth-order valence-electron chi connectivity index (χ4n) is 1.69. The van der Waals surface area contributed by atoms with Crippen molar-refractivity contribution in [3.05, 3.63) is 64.6 Å². The largest absolute Gasteiger partial charge is 0.323 e. The lowest BCUT2D eigenvalue weighted by Gasteiger charge is -2.03. The van der Waals surface area contributed by atoms with Crippen molar-refractivity contribution in [3.8, 4) is 0 Å². The molecule has 7 heteroatoms. The topological polar surface area (TPSA) is 89.3 Å². The van der Waals surface area contributed by atoms with Gasteiger partial charge in [0.1, 0.15) is 0 Å². The van der Waals surface area contributed by atoms with Gasteiger partial charge < -0.3 is 5.32 Å². The van der Waals surface area contributed by atoms with Gasteiger partial charge in [0.15, 0.2) is 0 Å². The van der Waals surface area contributed by atoms with E-state index in [4.69, 9.17) is 5.14 Å². The number of nitrogens with two attached hydrogens (primary N) is 1. The molecule has 0 saturated carbocycles. The van der Waals surface area contributed by atoms with Crippen LogP contribution in [0.5, 0.6) is 0 Å². The number of carbonyl (C=O) groups is 1. The zero-order valence-electron chi connectivity index (χ0n) is 11.4.